The maximum atomic E-state index is 12.1. The van der Waals surface area contributed by atoms with Crippen molar-refractivity contribution in [1.29, 1.82) is 0 Å². The van der Waals surface area contributed by atoms with Crippen LogP contribution in [0.1, 0.15) is 29.3 Å². The third-order valence-corrected chi connectivity index (χ3v) is 5.70. The number of aromatic nitrogens is 1. The molecule has 0 radical (unpaired) electrons. The Bertz CT molecular complexity index is 809. The molecule has 3 heterocycles. The largest absolute Gasteiger partial charge is 0.295 e. The second-order valence-electron chi connectivity index (χ2n) is 6.24. The fourth-order valence-corrected chi connectivity index (χ4v) is 4.37. The minimum atomic E-state index is -0.457. The summed E-state index contributed by atoms with van der Waals surface area (Å²) < 4.78 is 1.46. The number of nitro groups is 1. The number of thiophene rings is 1. The molecule has 23 heavy (non-hydrogen) atoms. The van der Waals surface area contributed by atoms with Gasteiger partial charge in [0.15, 0.2) is 0 Å². The minimum absolute atomic E-state index is 0.0409. The summed E-state index contributed by atoms with van der Waals surface area (Å²) in [6.07, 6.45) is 4.79. The van der Waals surface area contributed by atoms with E-state index in [0.29, 0.717) is 18.6 Å². The molecule has 6 nitrogen and oxygen atoms in total. The summed E-state index contributed by atoms with van der Waals surface area (Å²) in [5.74, 6) is 0.651. The van der Waals surface area contributed by atoms with E-state index in [1.807, 2.05) is 11.3 Å². The Morgan fingerprint density at radius 2 is 2.13 bits per heavy atom. The molecule has 4 rings (SSSR count). The third kappa shape index (κ3) is 2.70. The Labute approximate surface area is 137 Å². The minimum Gasteiger partial charge on any atom is -0.295 e. The summed E-state index contributed by atoms with van der Waals surface area (Å²) in [5, 5.41) is 13.1. The molecule has 7 heteroatoms. The first kappa shape index (κ1) is 14.6. The predicted octanol–water partition coefficient (Wildman–Crippen LogP) is 2.78. The number of fused-ring (bicyclic) bond motifs is 1. The molecule has 0 bridgehead atoms. The normalized spacial score (nSPS) is 21.1. The molecule has 0 amide bonds. The lowest BCUT2D eigenvalue weighted by Crippen LogP contribution is -2.39. The van der Waals surface area contributed by atoms with Gasteiger partial charge < -0.3 is 0 Å². The zero-order valence-corrected chi connectivity index (χ0v) is 13.4. The van der Waals surface area contributed by atoms with Crippen LogP contribution in [0, 0.1) is 16.0 Å². The first-order chi connectivity index (χ1) is 11.1. The molecule has 0 spiro atoms. The van der Waals surface area contributed by atoms with Gasteiger partial charge in [-0.25, -0.2) is 0 Å². The standard InChI is InChI=1S/C16H17N3O3S/c20-15-4-3-12(19(21)22)9-18(15)10-17-7-5-14-13(6-8-23-14)16(17)11-1-2-11/h3-4,6,8-9,11,16H,1-2,5,7,10H2/t16-/m0/s1. The number of nitrogens with zero attached hydrogens (tertiary/aromatic N) is 3. The SMILES string of the molecule is O=c1ccc([N+](=O)[O-])cn1CN1CCc2sccc2[C@@H]1C1CC1. The second-order valence-corrected chi connectivity index (χ2v) is 7.24. The zero-order valence-electron chi connectivity index (χ0n) is 12.6. The van der Waals surface area contributed by atoms with Crippen molar-refractivity contribution in [3.8, 4) is 0 Å². The van der Waals surface area contributed by atoms with Gasteiger partial charge in [-0.05, 0) is 42.2 Å². The third-order valence-electron chi connectivity index (χ3n) is 4.70. The van der Waals surface area contributed by atoms with Crippen LogP contribution < -0.4 is 5.56 Å². The summed E-state index contributed by atoms with van der Waals surface area (Å²) in [6, 6.07) is 5.09. The fraction of sp³-hybridized carbons (Fsp3) is 0.438. The quantitative estimate of drug-likeness (QED) is 0.638. The van der Waals surface area contributed by atoms with E-state index >= 15 is 0 Å². The van der Waals surface area contributed by atoms with Crippen molar-refractivity contribution >= 4 is 17.0 Å². The first-order valence-electron chi connectivity index (χ1n) is 7.78. The molecule has 0 aromatic carbocycles. The highest BCUT2D eigenvalue weighted by Gasteiger charge is 2.40. The molecule has 2 aliphatic rings. The maximum absolute atomic E-state index is 12.1. The van der Waals surface area contributed by atoms with Crippen LogP contribution in [0.25, 0.3) is 0 Å². The molecule has 1 aliphatic heterocycles. The van der Waals surface area contributed by atoms with Gasteiger partial charge in [0.1, 0.15) is 0 Å². The van der Waals surface area contributed by atoms with Crippen LogP contribution in [-0.2, 0) is 13.1 Å². The molecule has 1 fully saturated rings. The van der Waals surface area contributed by atoms with Gasteiger partial charge in [0.05, 0.1) is 17.8 Å². The predicted molar refractivity (Wildman–Crippen MR) is 87.6 cm³/mol. The second kappa shape index (κ2) is 5.58. The maximum Gasteiger partial charge on any atom is 0.285 e. The number of hydrogen-bond donors (Lipinski definition) is 0. The van der Waals surface area contributed by atoms with Gasteiger partial charge in [-0.3, -0.25) is 24.4 Å². The topological polar surface area (TPSA) is 68.4 Å². The van der Waals surface area contributed by atoms with E-state index < -0.39 is 4.92 Å². The van der Waals surface area contributed by atoms with E-state index in [2.05, 4.69) is 16.3 Å². The van der Waals surface area contributed by atoms with Crippen molar-refractivity contribution in [2.24, 2.45) is 5.92 Å². The lowest BCUT2D eigenvalue weighted by atomic mass is 9.96. The molecule has 2 aromatic rings. The Kier molecular flexibility index (Phi) is 3.54. The van der Waals surface area contributed by atoms with Crippen molar-refractivity contribution in [1.82, 2.24) is 9.47 Å². The number of pyridine rings is 1. The highest BCUT2D eigenvalue weighted by molar-refractivity contribution is 7.10. The van der Waals surface area contributed by atoms with Gasteiger partial charge >= 0.3 is 0 Å². The molecular formula is C16H17N3O3S. The van der Waals surface area contributed by atoms with Crippen molar-refractivity contribution in [3.63, 3.8) is 0 Å². The summed E-state index contributed by atoms with van der Waals surface area (Å²) >= 11 is 1.81. The van der Waals surface area contributed by atoms with Gasteiger partial charge in [-0.1, -0.05) is 0 Å². The summed E-state index contributed by atoms with van der Waals surface area (Å²) in [6.45, 7) is 1.31. The number of rotatable bonds is 4. The molecule has 0 unspecified atom stereocenters. The Morgan fingerprint density at radius 1 is 1.30 bits per heavy atom. The molecule has 0 N–H and O–H groups in total. The van der Waals surface area contributed by atoms with Gasteiger partial charge in [0.2, 0.25) is 0 Å². The first-order valence-corrected chi connectivity index (χ1v) is 8.66. The van der Waals surface area contributed by atoms with Crippen LogP contribution in [0.2, 0.25) is 0 Å². The average molecular weight is 331 g/mol. The summed E-state index contributed by atoms with van der Waals surface area (Å²) in [4.78, 5) is 26.3. The molecule has 1 aliphatic carbocycles. The Balaban J connectivity index is 1.65. The molecule has 120 valence electrons. The van der Waals surface area contributed by atoms with E-state index in [0.717, 1.165) is 13.0 Å². The summed E-state index contributed by atoms with van der Waals surface area (Å²) in [5.41, 5.74) is 1.16. The molecular weight excluding hydrogens is 314 g/mol. The summed E-state index contributed by atoms with van der Waals surface area (Å²) in [7, 11) is 0. The highest BCUT2D eigenvalue weighted by Crippen LogP contribution is 2.48. The monoisotopic (exact) mass is 331 g/mol. The van der Waals surface area contributed by atoms with E-state index in [9.17, 15) is 14.9 Å². The number of hydrogen-bond acceptors (Lipinski definition) is 5. The van der Waals surface area contributed by atoms with E-state index in [4.69, 9.17) is 0 Å². The van der Waals surface area contributed by atoms with Crippen LogP contribution >= 0.6 is 11.3 Å². The van der Waals surface area contributed by atoms with Crippen LogP contribution in [0.5, 0.6) is 0 Å². The van der Waals surface area contributed by atoms with Crippen LogP contribution in [0.4, 0.5) is 5.69 Å². The van der Waals surface area contributed by atoms with E-state index in [1.165, 1.54) is 46.2 Å². The molecule has 0 saturated heterocycles. The van der Waals surface area contributed by atoms with Crippen molar-refractivity contribution in [3.05, 3.63) is 60.7 Å². The molecule has 1 atom stereocenters. The Morgan fingerprint density at radius 3 is 2.87 bits per heavy atom. The van der Waals surface area contributed by atoms with Crippen LogP contribution in [-0.4, -0.2) is 20.9 Å². The van der Waals surface area contributed by atoms with Crippen molar-refractivity contribution in [2.45, 2.75) is 32.0 Å². The van der Waals surface area contributed by atoms with Crippen LogP contribution in [0.3, 0.4) is 0 Å². The fourth-order valence-electron chi connectivity index (χ4n) is 3.45. The highest BCUT2D eigenvalue weighted by atomic mass is 32.1. The molecule has 2 aromatic heterocycles. The van der Waals surface area contributed by atoms with Gasteiger partial charge in [-0.15, -0.1) is 11.3 Å². The van der Waals surface area contributed by atoms with E-state index in [1.54, 1.807) is 0 Å². The lowest BCUT2D eigenvalue weighted by molar-refractivity contribution is -0.385. The van der Waals surface area contributed by atoms with Gasteiger partial charge in [0.25, 0.3) is 11.2 Å². The van der Waals surface area contributed by atoms with Crippen molar-refractivity contribution in [2.75, 3.05) is 6.54 Å². The zero-order chi connectivity index (χ0) is 16.0. The Hall–Kier alpha value is -1.99. The van der Waals surface area contributed by atoms with Crippen molar-refractivity contribution < 1.29 is 4.92 Å². The average Bonchev–Trinajstić information content (AvgIpc) is 3.25. The van der Waals surface area contributed by atoms with Gasteiger partial charge in [0, 0.05) is 29.6 Å². The molecule has 1 saturated carbocycles. The van der Waals surface area contributed by atoms with Crippen LogP contribution in [0.15, 0.2) is 34.6 Å². The van der Waals surface area contributed by atoms with E-state index in [-0.39, 0.29) is 11.2 Å². The smallest absolute Gasteiger partial charge is 0.285 e. The lowest BCUT2D eigenvalue weighted by Gasteiger charge is -2.36. The van der Waals surface area contributed by atoms with Gasteiger partial charge in [-0.2, -0.15) is 0 Å².